The summed E-state index contributed by atoms with van der Waals surface area (Å²) in [5.41, 5.74) is 0.803. The lowest BCUT2D eigenvalue weighted by molar-refractivity contribution is 0.0697. The van der Waals surface area contributed by atoms with Crippen molar-refractivity contribution >= 4 is 17.0 Å². The van der Waals surface area contributed by atoms with Crippen LogP contribution in [-0.2, 0) is 6.54 Å². The number of benzene rings is 1. The largest absolute Gasteiger partial charge is 0.478 e. The van der Waals surface area contributed by atoms with Crippen molar-refractivity contribution in [2.75, 3.05) is 0 Å². The van der Waals surface area contributed by atoms with E-state index in [9.17, 15) is 18.7 Å². The average Bonchev–Trinajstić information content (AvgIpc) is 3.12. The minimum atomic E-state index is -2.53. The summed E-state index contributed by atoms with van der Waals surface area (Å²) in [6, 6.07) is 4.67. The van der Waals surface area contributed by atoms with Crippen LogP contribution in [0.2, 0.25) is 0 Å². The second kappa shape index (κ2) is 4.29. The van der Waals surface area contributed by atoms with Crippen molar-refractivity contribution in [1.82, 2.24) is 9.55 Å². The standard InChI is InChI=1S/C13H12F2N2O2/c14-10(15)6-17-11-8(13(18)19)2-1-3-9(11)16-12(17)7-4-5-7/h1-3,7,10H,4-6H2,(H,18,19). The number of fused-ring (bicyclic) bond motifs is 1. The van der Waals surface area contributed by atoms with Crippen molar-refractivity contribution in [3.05, 3.63) is 29.6 Å². The first-order valence-corrected chi connectivity index (χ1v) is 6.08. The maximum absolute atomic E-state index is 12.7. The van der Waals surface area contributed by atoms with Gasteiger partial charge in [-0.15, -0.1) is 0 Å². The quantitative estimate of drug-likeness (QED) is 0.925. The van der Waals surface area contributed by atoms with Crippen molar-refractivity contribution in [2.24, 2.45) is 0 Å². The van der Waals surface area contributed by atoms with Crippen molar-refractivity contribution in [2.45, 2.75) is 31.7 Å². The van der Waals surface area contributed by atoms with Gasteiger partial charge < -0.3 is 9.67 Å². The van der Waals surface area contributed by atoms with E-state index >= 15 is 0 Å². The first-order chi connectivity index (χ1) is 9.08. The second-order valence-corrected chi connectivity index (χ2v) is 4.72. The van der Waals surface area contributed by atoms with Gasteiger partial charge in [0.05, 0.1) is 23.1 Å². The molecule has 1 aromatic carbocycles. The molecular weight excluding hydrogens is 254 g/mol. The molecule has 1 aromatic heterocycles. The number of aromatic nitrogens is 2. The monoisotopic (exact) mass is 266 g/mol. The maximum atomic E-state index is 12.7. The van der Waals surface area contributed by atoms with Crippen LogP contribution in [0.5, 0.6) is 0 Å². The Bertz CT molecular complexity index is 647. The number of rotatable bonds is 4. The molecule has 0 amide bonds. The Kier molecular flexibility index (Phi) is 2.73. The number of hydrogen-bond donors (Lipinski definition) is 1. The molecule has 1 fully saturated rings. The predicted octanol–water partition coefficient (Wildman–Crippen LogP) is 2.88. The van der Waals surface area contributed by atoms with Crippen molar-refractivity contribution in [1.29, 1.82) is 0 Å². The Hall–Kier alpha value is -1.98. The fourth-order valence-electron chi connectivity index (χ4n) is 2.35. The molecule has 0 saturated heterocycles. The van der Waals surface area contributed by atoms with Crippen molar-refractivity contribution < 1.29 is 18.7 Å². The number of carboxylic acid groups (broad SMARTS) is 1. The molecule has 1 N–H and O–H groups in total. The van der Waals surface area contributed by atoms with Gasteiger partial charge in [0.25, 0.3) is 6.43 Å². The number of aromatic carboxylic acids is 1. The first-order valence-electron chi connectivity index (χ1n) is 6.08. The summed E-state index contributed by atoms with van der Waals surface area (Å²) in [6.45, 7) is -0.507. The molecular formula is C13H12F2N2O2. The SMILES string of the molecule is O=C(O)c1cccc2nc(C3CC3)n(CC(F)F)c12. The van der Waals surface area contributed by atoms with Crippen LogP contribution in [0.15, 0.2) is 18.2 Å². The zero-order valence-corrected chi connectivity index (χ0v) is 10.0. The van der Waals surface area contributed by atoms with Gasteiger partial charge in [0.15, 0.2) is 0 Å². The highest BCUT2D eigenvalue weighted by atomic mass is 19.3. The van der Waals surface area contributed by atoms with Gasteiger partial charge in [0.2, 0.25) is 0 Å². The van der Waals surface area contributed by atoms with Crippen LogP contribution in [0.3, 0.4) is 0 Å². The molecule has 1 saturated carbocycles. The minimum absolute atomic E-state index is 0.0255. The Morgan fingerprint density at radius 3 is 2.79 bits per heavy atom. The lowest BCUT2D eigenvalue weighted by Gasteiger charge is -2.09. The Balaban J connectivity index is 2.26. The molecule has 1 aliphatic carbocycles. The van der Waals surface area contributed by atoms with Crippen LogP contribution < -0.4 is 0 Å². The highest BCUT2D eigenvalue weighted by Crippen LogP contribution is 2.41. The summed E-state index contributed by atoms with van der Waals surface area (Å²) < 4.78 is 26.8. The molecule has 0 spiro atoms. The van der Waals surface area contributed by atoms with Gasteiger partial charge in [-0.05, 0) is 25.0 Å². The molecule has 0 radical (unpaired) electrons. The van der Waals surface area contributed by atoms with Crippen LogP contribution in [0.1, 0.15) is 34.9 Å². The Morgan fingerprint density at radius 2 is 2.21 bits per heavy atom. The van der Waals surface area contributed by atoms with Crippen LogP contribution in [0, 0.1) is 0 Å². The van der Waals surface area contributed by atoms with Crippen LogP contribution in [0.4, 0.5) is 8.78 Å². The van der Waals surface area contributed by atoms with Crippen LogP contribution in [0.25, 0.3) is 11.0 Å². The molecule has 6 heteroatoms. The molecule has 0 aliphatic heterocycles. The summed E-state index contributed by atoms with van der Waals surface area (Å²) in [5.74, 6) is -0.347. The molecule has 1 heterocycles. The molecule has 100 valence electrons. The zero-order valence-electron chi connectivity index (χ0n) is 10.0. The van der Waals surface area contributed by atoms with Gasteiger partial charge >= 0.3 is 5.97 Å². The Labute approximate surface area is 107 Å². The number of imidazole rings is 1. The maximum Gasteiger partial charge on any atom is 0.337 e. The predicted molar refractivity (Wildman–Crippen MR) is 64.7 cm³/mol. The van der Waals surface area contributed by atoms with E-state index in [2.05, 4.69) is 4.98 Å². The molecule has 1 aliphatic rings. The molecule has 3 rings (SSSR count). The number of halogens is 2. The summed E-state index contributed by atoms with van der Waals surface area (Å²) >= 11 is 0. The van der Waals surface area contributed by atoms with E-state index in [1.807, 2.05) is 0 Å². The molecule has 0 unspecified atom stereocenters. The third-order valence-corrected chi connectivity index (χ3v) is 3.29. The van der Waals surface area contributed by atoms with E-state index in [0.717, 1.165) is 12.8 Å². The van der Waals surface area contributed by atoms with Crippen molar-refractivity contribution in [3.63, 3.8) is 0 Å². The molecule has 0 atom stereocenters. The fraction of sp³-hybridized carbons (Fsp3) is 0.385. The van der Waals surface area contributed by atoms with Gasteiger partial charge in [-0.1, -0.05) is 6.07 Å². The van der Waals surface area contributed by atoms with Gasteiger partial charge in [0, 0.05) is 5.92 Å². The topological polar surface area (TPSA) is 55.1 Å². The fourth-order valence-corrected chi connectivity index (χ4v) is 2.35. The lowest BCUT2D eigenvalue weighted by Crippen LogP contribution is -2.11. The van der Waals surface area contributed by atoms with E-state index in [4.69, 9.17) is 0 Å². The highest BCUT2D eigenvalue weighted by molar-refractivity contribution is 6.01. The summed E-state index contributed by atoms with van der Waals surface area (Å²) in [7, 11) is 0. The molecule has 2 aromatic rings. The lowest BCUT2D eigenvalue weighted by atomic mass is 10.2. The number of nitrogens with zero attached hydrogens (tertiary/aromatic N) is 2. The number of carbonyl (C=O) groups is 1. The average molecular weight is 266 g/mol. The van der Waals surface area contributed by atoms with E-state index < -0.39 is 18.9 Å². The van der Waals surface area contributed by atoms with Gasteiger partial charge in [0.1, 0.15) is 5.82 Å². The van der Waals surface area contributed by atoms with E-state index in [1.54, 1.807) is 12.1 Å². The van der Waals surface area contributed by atoms with Crippen LogP contribution >= 0.6 is 0 Å². The summed E-state index contributed by atoms with van der Waals surface area (Å²) in [4.78, 5) is 15.6. The van der Waals surface area contributed by atoms with E-state index in [1.165, 1.54) is 10.6 Å². The number of hydrogen-bond acceptors (Lipinski definition) is 2. The Morgan fingerprint density at radius 1 is 1.47 bits per heavy atom. The van der Waals surface area contributed by atoms with Gasteiger partial charge in [-0.25, -0.2) is 18.6 Å². The van der Waals surface area contributed by atoms with Crippen molar-refractivity contribution in [3.8, 4) is 0 Å². The zero-order chi connectivity index (χ0) is 13.6. The third kappa shape index (κ3) is 2.07. The highest BCUT2D eigenvalue weighted by Gasteiger charge is 2.31. The minimum Gasteiger partial charge on any atom is -0.478 e. The van der Waals surface area contributed by atoms with Crippen LogP contribution in [-0.4, -0.2) is 27.1 Å². The molecule has 0 bridgehead atoms. The van der Waals surface area contributed by atoms with Gasteiger partial charge in [-0.3, -0.25) is 0 Å². The van der Waals surface area contributed by atoms with E-state index in [0.29, 0.717) is 16.9 Å². The second-order valence-electron chi connectivity index (χ2n) is 4.72. The number of carboxylic acids is 1. The smallest absolute Gasteiger partial charge is 0.337 e. The summed E-state index contributed by atoms with van der Waals surface area (Å²) in [5, 5.41) is 9.18. The number of para-hydroxylation sites is 1. The summed E-state index contributed by atoms with van der Waals surface area (Å²) in [6.07, 6.45) is -0.680. The van der Waals surface area contributed by atoms with E-state index in [-0.39, 0.29) is 11.5 Å². The third-order valence-electron chi connectivity index (χ3n) is 3.29. The molecule has 19 heavy (non-hydrogen) atoms. The normalized spacial score (nSPS) is 15.3. The number of alkyl halides is 2. The van der Waals surface area contributed by atoms with Gasteiger partial charge in [-0.2, -0.15) is 0 Å². The molecule has 4 nitrogen and oxygen atoms in total. The first kappa shape index (κ1) is 12.1.